The van der Waals surface area contributed by atoms with E-state index < -0.39 is 5.41 Å². The van der Waals surface area contributed by atoms with Crippen molar-refractivity contribution in [3.05, 3.63) is 45.5 Å². The van der Waals surface area contributed by atoms with E-state index in [4.69, 9.17) is 18.9 Å². The Bertz CT molecular complexity index is 1160. The fraction of sp³-hybridized carbons (Fsp3) is 0.481. The fourth-order valence-corrected chi connectivity index (χ4v) is 6.54. The number of hydrogen-bond donors (Lipinski definition) is 0. The van der Waals surface area contributed by atoms with E-state index >= 15 is 0 Å². The second-order valence-corrected chi connectivity index (χ2v) is 10.3. The molecular weight excluding hydrogens is 420 g/mol. The van der Waals surface area contributed by atoms with E-state index in [-0.39, 0.29) is 16.4 Å². The predicted octanol–water partition coefficient (Wildman–Crippen LogP) is 4.99. The zero-order chi connectivity index (χ0) is 24.3. The largest absolute Gasteiger partial charge is 0.496 e. The Morgan fingerprint density at radius 2 is 1.21 bits per heavy atom. The lowest BCUT2D eigenvalue weighted by Crippen LogP contribution is -2.28. The lowest BCUT2D eigenvalue weighted by Gasteiger charge is -2.32. The van der Waals surface area contributed by atoms with Gasteiger partial charge in [-0.3, -0.25) is 9.59 Å². The number of carbonyl (C=O) groups is 2. The maximum Gasteiger partial charge on any atom is 0.203 e. The summed E-state index contributed by atoms with van der Waals surface area (Å²) in [6.07, 6.45) is 3.01. The van der Waals surface area contributed by atoms with E-state index in [2.05, 4.69) is 27.7 Å². The summed E-state index contributed by atoms with van der Waals surface area (Å²) in [6.45, 7) is 8.77. The van der Waals surface area contributed by atoms with E-state index in [9.17, 15) is 9.59 Å². The molecule has 2 aliphatic rings. The zero-order valence-electron chi connectivity index (χ0n) is 20.7. The van der Waals surface area contributed by atoms with Gasteiger partial charge >= 0.3 is 0 Å². The Kier molecular flexibility index (Phi) is 5.26. The van der Waals surface area contributed by atoms with Crippen LogP contribution in [0.3, 0.4) is 0 Å². The van der Waals surface area contributed by atoms with Gasteiger partial charge in [0.2, 0.25) is 5.75 Å². The molecule has 0 saturated carbocycles. The van der Waals surface area contributed by atoms with Crippen molar-refractivity contribution in [3.63, 3.8) is 0 Å². The third-order valence-corrected chi connectivity index (χ3v) is 7.53. The molecule has 0 bridgehead atoms. The van der Waals surface area contributed by atoms with E-state index in [1.807, 2.05) is 12.1 Å². The molecule has 176 valence electrons. The molecule has 0 amide bonds. The Morgan fingerprint density at radius 3 is 1.67 bits per heavy atom. The van der Waals surface area contributed by atoms with Crippen LogP contribution in [0.4, 0.5) is 0 Å². The number of aldehydes is 2. The first-order valence-electron chi connectivity index (χ1n) is 11.1. The van der Waals surface area contributed by atoms with Crippen LogP contribution < -0.4 is 18.9 Å². The third-order valence-electron chi connectivity index (χ3n) is 7.53. The average Bonchev–Trinajstić information content (AvgIpc) is 3.15. The van der Waals surface area contributed by atoms with Crippen molar-refractivity contribution in [3.8, 4) is 23.0 Å². The van der Waals surface area contributed by atoms with Crippen molar-refractivity contribution in [1.29, 1.82) is 0 Å². The van der Waals surface area contributed by atoms with Gasteiger partial charge in [-0.15, -0.1) is 0 Å². The van der Waals surface area contributed by atoms with Crippen molar-refractivity contribution >= 4 is 12.6 Å². The molecule has 33 heavy (non-hydrogen) atoms. The quantitative estimate of drug-likeness (QED) is 0.575. The number of fused-ring (bicyclic) bond motifs is 4. The number of hydrogen-bond acceptors (Lipinski definition) is 6. The minimum atomic E-state index is -0.493. The van der Waals surface area contributed by atoms with E-state index in [1.54, 1.807) is 28.4 Å². The van der Waals surface area contributed by atoms with Gasteiger partial charge in [0.25, 0.3) is 0 Å². The van der Waals surface area contributed by atoms with Crippen LogP contribution in [-0.4, -0.2) is 41.0 Å². The molecule has 6 nitrogen and oxygen atoms in total. The van der Waals surface area contributed by atoms with Crippen LogP contribution in [0, 0.1) is 0 Å². The molecule has 0 heterocycles. The molecule has 2 aliphatic carbocycles. The molecular formula is C27H32O6. The summed E-state index contributed by atoms with van der Waals surface area (Å²) in [7, 11) is 6.42. The Labute approximate surface area is 195 Å². The summed E-state index contributed by atoms with van der Waals surface area (Å²) in [5, 5.41) is 0. The van der Waals surface area contributed by atoms with E-state index in [0.717, 1.165) is 41.4 Å². The van der Waals surface area contributed by atoms with E-state index in [1.165, 1.54) is 0 Å². The van der Waals surface area contributed by atoms with Gasteiger partial charge in [0.15, 0.2) is 24.1 Å². The molecule has 1 atom stereocenters. The molecule has 0 aromatic heterocycles. The number of ether oxygens (including phenoxy) is 4. The maximum absolute atomic E-state index is 12.1. The van der Waals surface area contributed by atoms with Crippen LogP contribution in [0.25, 0.3) is 0 Å². The standard InChI is InChI=1S/C27H32O6/c1-25(2)13-27(20-17(25)9-15(11-28)16(12-29)22(20)31-6)14-26(3,4)18-10-19(30-5)23(32-7)24(33-8)21(18)27/h9-12H,13-14H2,1-8H3. The number of methoxy groups -OCH3 is 4. The van der Waals surface area contributed by atoms with Gasteiger partial charge in [0, 0.05) is 22.1 Å². The molecule has 0 aliphatic heterocycles. The lowest BCUT2D eigenvalue weighted by atomic mass is 9.71. The van der Waals surface area contributed by atoms with Crippen LogP contribution in [0.1, 0.15) is 83.5 Å². The van der Waals surface area contributed by atoms with Gasteiger partial charge in [0.1, 0.15) is 5.75 Å². The molecule has 0 saturated heterocycles. The SMILES string of the molecule is COc1cc2c(c(OC)c1OC)C1(CC(C)(C)c3cc(C=O)c(C=O)c(OC)c31)CC2(C)C. The minimum Gasteiger partial charge on any atom is -0.496 e. The molecule has 1 unspecified atom stereocenters. The van der Waals surface area contributed by atoms with Crippen molar-refractivity contribution in [2.24, 2.45) is 0 Å². The average molecular weight is 453 g/mol. The van der Waals surface area contributed by atoms with Gasteiger partial charge in [-0.25, -0.2) is 0 Å². The topological polar surface area (TPSA) is 71.1 Å². The van der Waals surface area contributed by atoms with Gasteiger partial charge < -0.3 is 18.9 Å². The summed E-state index contributed by atoms with van der Waals surface area (Å²) < 4.78 is 23.3. The van der Waals surface area contributed by atoms with E-state index in [0.29, 0.717) is 34.8 Å². The van der Waals surface area contributed by atoms with Crippen LogP contribution in [0.5, 0.6) is 23.0 Å². The van der Waals surface area contributed by atoms with Gasteiger partial charge in [-0.05, 0) is 46.9 Å². The summed E-state index contributed by atoms with van der Waals surface area (Å²) >= 11 is 0. The highest BCUT2D eigenvalue weighted by atomic mass is 16.5. The summed E-state index contributed by atoms with van der Waals surface area (Å²) in [5.74, 6) is 2.26. The van der Waals surface area contributed by atoms with Crippen molar-refractivity contribution in [2.45, 2.75) is 56.8 Å². The predicted molar refractivity (Wildman–Crippen MR) is 126 cm³/mol. The molecule has 1 spiro atoms. The molecule has 2 aromatic carbocycles. The Hall–Kier alpha value is -3.02. The molecule has 2 aromatic rings. The van der Waals surface area contributed by atoms with Crippen LogP contribution in [0.15, 0.2) is 12.1 Å². The van der Waals surface area contributed by atoms with Gasteiger partial charge in [0.05, 0.1) is 34.0 Å². The minimum absolute atomic E-state index is 0.213. The summed E-state index contributed by atoms with van der Waals surface area (Å²) in [6, 6.07) is 3.91. The normalized spacial score (nSPS) is 21.3. The van der Waals surface area contributed by atoms with Crippen molar-refractivity contribution in [1.82, 2.24) is 0 Å². The maximum atomic E-state index is 12.1. The lowest BCUT2D eigenvalue weighted by molar-refractivity contribution is 0.109. The smallest absolute Gasteiger partial charge is 0.203 e. The van der Waals surface area contributed by atoms with Gasteiger partial charge in [-0.1, -0.05) is 27.7 Å². The molecule has 6 heteroatoms. The summed E-state index contributed by atoms with van der Waals surface area (Å²) in [5.41, 5.74) is 3.80. The van der Waals surface area contributed by atoms with Crippen molar-refractivity contribution < 1.29 is 28.5 Å². The molecule has 0 N–H and O–H groups in total. The third kappa shape index (κ3) is 2.92. The highest BCUT2D eigenvalue weighted by Crippen LogP contribution is 2.68. The van der Waals surface area contributed by atoms with Crippen LogP contribution in [-0.2, 0) is 16.2 Å². The number of benzene rings is 2. The van der Waals surface area contributed by atoms with Crippen molar-refractivity contribution in [2.75, 3.05) is 28.4 Å². The first-order valence-corrected chi connectivity index (χ1v) is 11.1. The Morgan fingerprint density at radius 1 is 0.697 bits per heavy atom. The van der Waals surface area contributed by atoms with Crippen LogP contribution in [0.2, 0.25) is 0 Å². The highest BCUT2D eigenvalue weighted by Gasteiger charge is 2.60. The second kappa shape index (κ2) is 7.51. The molecule has 0 fully saturated rings. The molecule has 0 radical (unpaired) electrons. The monoisotopic (exact) mass is 452 g/mol. The first kappa shape index (κ1) is 23.1. The van der Waals surface area contributed by atoms with Gasteiger partial charge in [-0.2, -0.15) is 0 Å². The molecule has 4 rings (SSSR count). The number of rotatable bonds is 6. The Balaban J connectivity index is 2.21. The second-order valence-electron chi connectivity index (χ2n) is 10.3. The van der Waals surface area contributed by atoms with Crippen LogP contribution >= 0.6 is 0 Å². The number of carbonyl (C=O) groups excluding carboxylic acids is 2. The summed E-state index contributed by atoms with van der Waals surface area (Å²) in [4.78, 5) is 24.0. The zero-order valence-corrected chi connectivity index (χ0v) is 20.7. The highest BCUT2D eigenvalue weighted by molar-refractivity contribution is 5.95. The first-order chi connectivity index (χ1) is 15.6. The fourth-order valence-electron chi connectivity index (χ4n) is 6.54.